The van der Waals surface area contributed by atoms with Gasteiger partial charge in [0.15, 0.2) is 5.69 Å². The largest absolute Gasteiger partial charge is 0.364 e. The highest BCUT2D eigenvalue weighted by Crippen LogP contribution is 2.34. The lowest BCUT2D eigenvalue weighted by molar-refractivity contribution is -0.138. The number of anilines is 1. The molecule has 3 aromatic rings. The molecule has 9 heteroatoms. The SMILES string of the molecule is NC(=O)c1nn(CC(=O)N2C[C@H](F)C[C@H]2C(=O)N(c2ccccc2)C2CC2)c2ccccc12. The number of aromatic nitrogens is 2. The summed E-state index contributed by atoms with van der Waals surface area (Å²) >= 11 is 0. The maximum Gasteiger partial charge on any atom is 0.269 e. The van der Waals surface area contributed by atoms with E-state index in [1.807, 2.05) is 30.3 Å². The van der Waals surface area contributed by atoms with E-state index in [1.165, 1.54) is 9.58 Å². The summed E-state index contributed by atoms with van der Waals surface area (Å²) in [5.41, 5.74) is 6.83. The summed E-state index contributed by atoms with van der Waals surface area (Å²) in [7, 11) is 0. The second-order valence-corrected chi connectivity index (χ2v) is 8.56. The number of hydrogen-bond donors (Lipinski definition) is 1. The van der Waals surface area contributed by atoms with E-state index in [0.717, 1.165) is 18.5 Å². The zero-order valence-corrected chi connectivity index (χ0v) is 17.9. The fourth-order valence-electron chi connectivity index (χ4n) is 4.54. The van der Waals surface area contributed by atoms with E-state index in [9.17, 15) is 18.8 Å². The smallest absolute Gasteiger partial charge is 0.269 e. The van der Waals surface area contributed by atoms with Crippen LogP contribution in [0.1, 0.15) is 29.8 Å². The van der Waals surface area contributed by atoms with Crippen LogP contribution in [-0.4, -0.2) is 57.2 Å². The maximum absolute atomic E-state index is 14.5. The van der Waals surface area contributed by atoms with Gasteiger partial charge in [-0.3, -0.25) is 19.1 Å². The molecule has 1 aliphatic carbocycles. The zero-order chi connectivity index (χ0) is 23.1. The number of alkyl halides is 1. The minimum Gasteiger partial charge on any atom is -0.364 e. The lowest BCUT2D eigenvalue weighted by atomic mass is 10.1. The van der Waals surface area contributed by atoms with Crippen LogP contribution in [0.25, 0.3) is 10.9 Å². The first-order chi connectivity index (χ1) is 15.9. The first-order valence-electron chi connectivity index (χ1n) is 11.0. The van der Waals surface area contributed by atoms with E-state index in [-0.39, 0.29) is 37.2 Å². The monoisotopic (exact) mass is 449 g/mol. The number of nitrogens with zero attached hydrogens (tertiary/aromatic N) is 4. The van der Waals surface area contributed by atoms with Crippen molar-refractivity contribution in [3.05, 3.63) is 60.3 Å². The van der Waals surface area contributed by atoms with Crippen LogP contribution < -0.4 is 10.6 Å². The molecule has 1 saturated carbocycles. The molecule has 2 heterocycles. The van der Waals surface area contributed by atoms with Gasteiger partial charge in [0.25, 0.3) is 5.91 Å². The van der Waals surface area contributed by atoms with Crippen LogP contribution in [0.2, 0.25) is 0 Å². The zero-order valence-electron chi connectivity index (χ0n) is 17.9. The summed E-state index contributed by atoms with van der Waals surface area (Å²) in [6, 6.07) is 15.4. The number of likely N-dealkylation sites (tertiary alicyclic amines) is 1. The highest BCUT2D eigenvalue weighted by Gasteiger charge is 2.45. The van der Waals surface area contributed by atoms with Crippen molar-refractivity contribution in [2.45, 2.75) is 44.1 Å². The Kier molecular flexibility index (Phi) is 5.32. The van der Waals surface area contributed by atoms with Crippen molar-refractivity contribution in [3.8, 4) is 0 Å². The number of fused-ring (bicyclic) bond motifs is 1. The number of hydrogen-bond acceptors (Lipinski definition) is 4. The Labute approximate surface area is 189 Å². The van der Waals surface area contributed by atoms with Gasteiger partial charge in [-0.25, -0.2) is 4.39 Å². The standard InChI is InChI=1S/C24H24FN5O3/c25-15-12-20(24(33)30(17-10-11-17)16-6-2-1-3-7-16)28(13-15)21(31)14-29-19-9-5-4-8-18(19)22(27-29)23(26)32/h1-9,15,17,20H,10-14H2,(H2,26,32)/t15-,20+/m1/s1. The molecule has 170 valence electrons. The molecule has 2 N–H and O–H groups in total. The summed E-state index contributed by atoms with van der Waals surface area (Å²) in [5.74, 6) is -1.39. The number of primary amides is 1. The number of carbonyl (C=O) groups excluding carboxylic acids is 3. The second-order valence-electron chi connectivity index (χ2n) is 8.56. The molecule has 2 atom stereocenters. The van der Waals surface area contributed by atoms with E-state index in [1.54, 1.807) is 29.2 Å². The molecule has 3 amide bonds. The highest BCUT2D eigenvalue weighted by molar-refractivity contribution is 6.04. The molecule has 2 aliphatic rings. The van der Waals surface area contributed by atoms with Crippen molar-refractivity contribution >= 4 is 34.3 Å². The van der Waals surface area contributed by atoms with Gasteiger partial charge in [-0.15, -0.1) is 0 Å². The fraction of sp³-hybridized carbons (Fsp3) is 0.333. The van der Waals surface area contributed by atoms with E-state index in [0.29, 0.717) is 10.9 Å². The lowest BCUT2D eigenvalue weighted by Gasteiger charge is -2.30. The van der Waals surface area contributed by atoms with E-state index < -0.39 is 24.0 Å². The maximum atomic E-state index is 14.5. The van der Waals surface area contributed by atoms with Crippen LogP contribution in [0.3, 0.4) is 0 Å². The van der Waals surface area contributed by atoms with Crippen molar-refractivity contribution in [1.29, 1.82) is 0 Å². The van der Waals surface area contributed by atoms with Gasteiger partial charge in [0, 0.05) is 23.5 Å². The number of halogens is 1. The van der Waals surface area contributed by atoms with E-state index in [4.69, 9.17) is 5.73 Å². The summed E-state index contributed by atoms with van der Waals surface area (Å²) in [4.78, 5) is 41.6. The number of benzene rings is 2. The molecule has 1 aliphatic heterocycles. The first-order valence-corrected chi connectivity index (χ1v) is 11.0. The highest BCUT2D eigenvalue weighted by atomic mass is 19.1. The third-order valence-electron chi connectivity index (χ3n) is 6.22. The van der Waals surface area contributed by atoms with Gasteiger partial charge in [-0.05, 0) is 31.0 Å². The Morgan fingerprint density at radius 2 is 1.76 bits per heavy atom. The Hall–Kier alpha value is -3.75. The van der Waals surface area contributed by atoms with Crippen molar-refractivity contribution in [2.75, 3.05) is 11.4 Å². The molecule has 8 nitrogen and oxygen atoms in total. The van der Waals surface area contributed by atoms with Gasteiger partial charge in [-0.2, -0.15) is 5.10 Å². The summed E-state index contributed by atoms with van der Waals surface area (Å²) in [6.45, 7) is -0.372. The Bertz CT molecular complexity index is 1220. The van der Waals surface area contributed by atoms with Gasteiger partial charge in [0.1, 0.15) is 18.8 Å². The molecule has 5 rings (SSSR count). The summed E-state index contributed by atoms with van der Waals surface area (Å²) in [5, 5.41) is 4.76. The number of carbonyl (C=O) groups is 3. The minimum atomic E-state index is -1.28. The number of nitrogens with two attached hydrogens (primary N) is 1. The van der Waals surface area contributed by atoms with Gasteiger partial charge in [-0.1, -0.05) is 36.4 Å². The van der Waals surface area contributed by atoms with Crippen LogP contribution in [0, 0.1) is 0 Å². The molecule has 1 aromatic heterocycles. The van der Waals surface area contributed by atoms with Gasteiger partial charge in [0.2, 0.25) is 11.8 Å². The quantitative estimate of drug-likeness (QED) is 0.624. The molecular formula is C24H24FN5O3. The van der Waals surface area contributed by atoms with Crippen LogP contribution in [0.15, 0.2) is 54.6 Å². The molecule has 0 radical (unpaired) electrons. The average Bonchev–Trinajstić information content (AvgIpc) is 3.45. The average molecular weight is 449 g/mol. The Morgan fingerprint density at radius 3 is 2.45 bits per heavy atom. The second kappa shape index (κ2) is 8.31. The number of para-hydroxylation sites is 2. The van der Waals surface area contributed by atoms with E-state index >= 15 is 0 Å². The molecular weight excluding hydrogens is 425 g/mol. The Morgan fingerprint density at radius 1 is 1.06 bits per heavy atom. The van der Waals surface area contributed by atoms with Crippen molar-refractivity contribution in [1.82, 2.24) is 14.7 Å². The topological polar surface area (TPSA) is 102 Å². The van der Waals surface area contributed by atoms with Gasteiger partial charge < -0.3 is 15.5 Å². The third kappa shape index (κ3) is 3.94. The van der Waals surface area contributed by atoms with E-state index in [2.05, 4.69) is 5.10 Å². The first kappa shape index (κ1) is 21.1. The molecule has 33 heavy (non-hydrogen) atoms. The molecule has 1 saturated heterocycles. The van der Waals surface area contributed by atoms with Crippen LogP contribution >= 0.6 is 0 Å². The van der Waals surface area contributed by atoms with Gasteiger partial charge in [0.05, 0.1) is 12.1 Å². The van der Waals surface area contributed by atoms with Crippen molar-refractivity contribution in [3.63, 3.8) is 0 Å². The molecule has 0 spiro atoms. The summed E-state index contributed by atoms with van der Waals surface area (Å²) in [6.07, 6.45) is 0.452. The molecule has 2 fully saturated rings. The normalized spacial score (nSPS) is 20.2. The molecule has 2 aromatic carbocycles. The molecule has 0 bridgehead atoms. The van der Waals surface area contributed by atoms with Crippen molar-refractivity contribution in [2.24, 2.45) is 5.73 Å². The van der Waals surface area contributed by atoms with Crippen LogP contribution in [0.4, 0.5) is 10.1 Å². The van der Waals surface area contributed by atoms with Gasteiger partial charge >= 0.3 is 0 Å². The van der Waals surface area contributed by atoms with Crippen molar-refractivity contribution < 1.29 is 18.8 Å². The predicted octanol–water partition coefficient (Wildman–Crippen LogP) is 2.27. The number of rotatable bonds is 6. The number of amides is 3. The third-order valence-corrected chi connectivity index (χ3v) is 6.22. The lowest BCUT2D eigenvalue weighted by Crippen LogP contribution is -2.49. The summed E-state index contributed by atoms with van der Waals surface area (Å²) < 4.78 is 15.9. The minimum absolute atomic E-state index is 0.0347. The van der Waals surface area contributed by atoms with Crippen LogP contribution in [-0.2, 0) is 16.1 Å². The Balaban J connectivity index is 1.42. The molecule has 0 unspecified atom stereocenters. The fourth-order valence-corrected chi connectivity index (χ4v) is 4.54. The predicted molar refractivity (Wildman–Crippen MR) is 120 cm³/mol. The van der Waals surface area contributed by atoms with Crippen LogP contribution in [0.5, 0.6) is 0 Å².